The molecule has 0 aromatic carbocycles. The number of nitrogens with zero attached hydrogens (tertiary/aromatic N) is 1. The van der Waals surface area contributed by atoms with Crippen molar-refractivity contribution in [2.75, 3.05) is 13.1 Å². The van der Waals surface area contributed by atoms with E-state index in [1.807, 2.05) is 4.90 Å². The van der Waals surface area contributed by atoms with Crippen LogP contribution in [0.4, 0.5) is 0 Å². The first kappa shape index (κ1) is 9.00. The number of amides is 1. The van der Waals surface area contributed by atoms with Gasteiger partial charge in [-0.1, -0.05) is 0 Å². The maximum atomic E-state index is 11.6. The molecular weight excluding hydrogens is 166 g/mol. The van der Waals surface area contributed by atoms with Crippen molar-refractivity contribution in [3.05, 3.63) is 0 Å². The summed E-state index contributed by atoms with van der Waals surface area (Å²) in [4.78, 5) is 13.5. The van der Waals surface area contributed by atoms with Crippen LogP contribution < -0.4 is 0 Å². The van der Waals surface area contributed by atoms with Crippen LogP contribution >= 0.6 is 0 Å². The molecule has 74 valence electrons. The molecule has 0 radical (unpaired) electrons. The predicted molar refractivity (Wildman–Crippen MR) is 49.1 cm³/mol. The van der Waals surface area contributed by atoms with Crippen molar-refractivity contribution >= 4 is 5.91 Å². The van der Waals surface area contributed by atoms with E-state index in [-0.39, 0.29) is 6.10 Å². The van der Waals surface area contributed by atoms with Crippen LogP contribution in [-0.2, 0) is 4.79 Å². The van der Waals surface area contributed by atoms with Crippen molar-refractivity contribution in [3.8, 4) is 0 Å². The van der Waals surface area contributed by atoms with Gasteiger partial charge < -0.3 is 10.0 Å². The van der Waals surface area contributed by atoms with Crippen LogP contribution in [0.25, 0.3) is 0 Å². The maximum absolute atomic E-state index is 11.6. The van der Waals surface area contributed by atoms with Crippen LogP contribution in [0.1, 0.15) is 26.2 Å². The van der Waals surface area contributed by atoms with Gasteiger partial charge in [0.2, 0.25) is 5.91 Å². The van der Waals surface area contributed by atoms with Gasteiger partial charge in [-0.25, -0.2) is 0 Å². The van der Waals surface area contributed by atoms with Gasteiger partial charge in [0.15, 0.2) is 0 Å². The minimum atomic E-state index is -0.286. The number of carbonyl (C=O) groups is 1. The molecule has 1 aliphatic heterocycles. The van der Waals surface area contributed by atoms with Gasteiger partial charge in [0, 0.05) is 19.0 Å². The molecule has 0 aromatic heterocycles. The Hall–Kier alpha value is -0.570. The molecular formula is C10H17NO2. The summed E-state index contributed by atoms with van der Waals surface area (Å²) in [5.74, 6) is 1.31. The molecule has 1 saturated heterocycles. The first-order valence-electron chi connectivity index (χ1n) is 5.15. The van der Waals surface area contributed by atoms with Gasteiger partial charge in [-0.3, -0.25) is 4.79 Å². The van der Waals surface area contributed by atoms with Gasteiger partial charge in [0.1, 0.15) is 0 Å². The van der Waals surface area contributed by atoms with Crippen molar-refractivity contribution < 1.29 is 9.90 Å². The van der Waals surface area contributed by atoms with E-state index in [4.69, 9.17) is 5.11 Å². The van der Waals surface area contributed by atoms with E-state index in [2.05, 4.69) is 0 Å². The minimum Gasteiger partial charge on any atom is -0.393 e. The minimum absolute atomic E-state index is 0.286. The normalized spacial score (nSPS) is 34.3. The van der Waals surface area contributed by atoms with E-state index in [0.717, 1.165) is 19.5 Å². The lowest BCUT2D eigenvalue weighted by atomic mass is 9.76. The Morgan fingerprint density at radius 2 is 2.38 bits per heavy atom. The topological polar surface area (TPSA) is 40.5 Å². The zero-order chi connectivity index (χ0) is 9.42. The summed E-state index contributed by atoms with van der Waals surface area (Å²) < 4.78 is 0. The molecule has 2 fully saturated rings. The summed E-state index contributed by atoms with van der Waals surface area (Å²) in [6.07, 6.45) is 2.74. The molecule has 2 rings (SSSR count). The van der Waals surface area contributed by atoms with E-state index in [0.29, 0.717) is 24.2 Å². The van der Waals surface area contributed by atoms with E-state index < -0.39 is 0 Å². The van der Waals surface area contributed by atoms with Crippen molar-refractivity contribution in [1.82, 2.24) is 4.90 Å². The summed E-state index contributed by atoms with van der Waals surface area (Å²) in [7, 11) is 0. The van der Waals surface area contributed by atoms with E-state index in [1.165, 1.54) is 6.42 Å². The van der Waals surface area contributed by atoms with Gasteiger partial charge in [0.05, 0.1) is 6.10 Å². The van der Waals surface area contributed by atoms with E-state index in [9.17, 15) is 4.79 Å². The first-order valence-corrected chi connectivity index (χ1v) is 5.15. The Morgan fingerprint density at radius 3 is 2.77 bits per heavy atom. The summed E-state index contributed by atoms with van der Waals surface area (Å²) in [5, 5.41) is 9.11. The second-order valence-electron chi connectivity index (χ2n) is 4.37. The number of likely N-dealkylation sites (tertiary alicyclic amines) is 1. The fourth-order valence-electron chi connectivity index (χ4n) is 2.26. The molecule has 1 amide bonds. The third kappa shape index (κ3) is 1.57. The Morgan fingerprint density at radius 1 is 1.62 bits per heavy atom. The zero-order valence-electron chi connectivity index (χ0n) is 8.07. The highest BCUT2D eigenvalue weighted by atomic mass is 16.3. The second-order valence-corrected chi connectivity index (χ2v) is 4.37. The van der Waals surface area contributed by atoms with Gasteiger partial charge in [-0.2, -0.15) is 0 Å². The van der Waals surface area contributed by atoms with E-state index >= 15 is 0 Å². The predicted octanol–water partition coefficient (Wildman–Crippen LogP) is 0.626. The highest BCUT2D eigenvalue weighted by molar-refractivity contribution is 5.82. The lowest BCUT2D eigenvalue weighted by Gasteiger charge is -2.25. The van der Waals surface area contributed by atoms with Gasteiger partial charge >= 0.3 is 0 Å². The fraction of sp³-hybridized carbons (Fsp3) is 0.900. The van der Waals surface area contributed by atoms with Crippen molar-refractivity contribution in [2.24, 2.45) is 11.8 Å². The quantitative estimate of drug-likeness (QED) is 0.697. The van der Waals surface area contributed by atoms with Crippen molar-refractivity contribution in [2.45, 2.75) is 32.3 Å². The number of fused-ring (bicyclic) bond motifs is 1. The Kier molecular flexibility index (Phi) is 2.28. The smallest absolute Gasteiger partial charge is 0.226 e. The lowest BCUT2D eigenvalue weighted by molar-refractivity contribution is -0.132. The molecule has 2 aliphatic rings. The third-order valence-electron chi connectivity index (χ3n) is 3.32. The molecule has 1 saturated carbocycles. The summed E-state index contributed by atoms with van der Waals surface area (Å²) in [6.45, 7) is 3.45. The van der Waals surface area contributed by atoms with Crippen molar-refractivity contribution in [3.63, 3.8) is 0 Å². The number of aliphatic hydroxyl groups is 1. The van der Waals surface area contributed by atoms with Gasteiger partial charge in [0.25, 0.3) is 0 Å². The van der Waals surface area contributed by atoms with Crippen LogP contribution in [0.3, 0.4) is 0 Å². The summed E-state index contributed by atoms with van der Waals surface area (Å²) in [6, 6.07) is 0. The zero-order valence-corrected chi connectivity index (χ0v) is 8.07. The third-order valence-corrected chi connectivity index (χ3v) is 3.32. The summed E-state index contributed by atoms with van der Waals surface area (Å²) >= 11 is 0. The first-order chi connectivity index (χ1) is 6.18. The van der Waals surface area contributed by atoms with E-state index in [1.54, 1.807) is 6.92 Å². The molecule has 0 spiro atoms. The highest BCUT2D eigenvalue weighted by Crippen LogP contribution is 2.41. The number of carbonyl (C=O) groups excluding carboxylic acids is 1. The standard InChI is InChI=1S/C10H17NO2/c1-7(12)4-5-11-6-8-2-3-9(8)10(11)13/h7-9,12H,2-6H2,1H3. The highest BCUT2D eigenvalue weighted by Gasteiger charge is 2.45. The van der Waals surface area contributed by atoms with Crippen LogP contribution in [-0.4, -0.2) is 35.1 Å². The SMILES string of the molecule is CC(O)CCN1CC2CCC2C1=O. The average Bonchev–Trinajstić information content (AvgIpc) is 2.20. The number of rotatable bonds is 3. The second kappa shape index (κ2) is 3.29. The molecule has 3 nitrogen and oxygen atoms in total. The molecule has 3 atom stereocenters. The number of hydrogen-bond acceptors (Lipinski definition) is 2. The molecule has 13 heavy (non-hydrogen) atoms. The molecule has 3 heteroatoms. The van der Waals surface area contributed by atoms with Crippen LogP contribution in [0, 0.1) is 11.8 Å². The van der Waals surface area contributed by atoms with Crippen LogP contribution in [0.15, 0.2) is 0 Å². The Labute approximate surface area is 78.7 Å². The maximum Gasteiger partial charge on any atom is 0.226 e. The number of hydrogen-bond donors (Lipinski definition) is 1. The molecule has 1 heterocycles. The molecule has 3 unspecified atom stereocenters. The number of aliphatic hydroxyl groups excluding tert-OH is 1. The Balaban J connectivity index is 1.84. The monoisotopic (exact) mass is 183 g/mol. The molecule has 0 aromatic rings. The van der Waals surface area contributed by atoms with Gasteiger partial charge in [-0.05, 0) is 32.1 Å². The largest absolute Gasteiger partial charge is 0.393 e. The van der Waals surface area contributed by atoms with Crippen LogP contribution in [0.2, 0.25) is 0 Å². The summed E-state index contributed by atoms with van der Waals surface area (Å²) in [5.41, 5.74) is 0. The molecule has 1 aliphatic carbocycles. The van der Waals surface area contributed by atoms with Gasteiger partial charge in [-0.15, -0.1) is 0 Å². The van der Waals surface area contributed by atoms with Crippen LogP contribution in [0.5, 0.6) is 0 Å². The lowest BCUT2D eigenvalue weighted by Crippen LogP contribution is -2.30. The molecule has 1 N–H and O–H groups in total. The van der Waals surface area contributed by atoms with Crippen molar-refractivity contribution in [1.29, 1.82) is 0 Å². The fourth-order valence-corrected chi connectivity index (χ4v) is 2.26. The molecule has 0 bridgehead atoms. The average molecular weight is 183 g/mol. The Bertz CT molecular complexity index is 215.